The van der Waals surface area contributed by atoms with E-state index in [-0.39, 0.29) is 31.4 Å². The van der Waals surface area contributed by atoms with Gasteiger partial charge in [0.1, 0.15) is 12.6 Å². The molecule has 2 amide bonds. The number of piperazine rings is 1. The molecule has 0 radical (unpaired) electrons. The number of benzene rings is 3. The van der Waals surface area contributed by atoms with E-state index < -0.39 is 36.8 Å². The third-order valence-corrected chi connectivity index (χ3v) is 7.80. The van der Waals surface area contributed by atoms with Crippen LogP contribution in [-0.4, -0.2) is 71.8 Å². The standard InChI is InChI=1S/C33H35F2N3O4/c34-33(35)20-29(32(41)42-22-27-9-5-2-6-10-27)38(23-33)31(40)19-26-13-11-25(12-14-26)18-30(39)37-16-15-36-21-28(37)17-24-7-3-1-4-8-24/h1-14,28-29,36H,15-23H2/t28-,29-/m1/s1. The summed E-state index contributed by atoms with van der Waals surface area (Å²) in [6.07, 6.45) is 0.110. The molecule has 0 spiro atoms. The molecule has 2 saturated heterocycles. The van der Waals surface area contributed by atoms with Crippen LogP contribution in [0, 0.1) is 0 Å². The Morgan fingerprint density at radius 1 is 0.786 bits per heavy atom. The van der Waals surface area contributed by atoms with Gasteiger partial charge in [-0.25, -0.2) is 13.6 Å². The smallest absolute Gasteiger partial charge is 0.329 e. The van der Waals surface area contributed by atoms with Gasteiger partial charge in [-0.3, -0.25) is 9.59 Å². The molecule has 5 rings (SSSR count). The van der Waals surface area contributed by atoms with Crippen LogP contribution in [0.25, 0.3) is 0 Å². The van der Waals surface area contributed by atoms with Crippen molar-refractivity contribution < 1.29 is 27.9 Å². The molecule has 0 saturated carbocycles. The second-order valence-electron chi connectivity index (χ2n) is 11.0. The number of esters is 1. The Morgan fingerprint density at radius 3 is 1.98 bits per heavy atom. The van der Waals surface area contributed by atoms with E-state index in [4.69, 9.17) is 4.74 Å². The summed E-state index contributed by atoms with van der Waals surface area (Å²) in [4.78, 5) is 41.9. The van der Waals surface area contributed by atoms with E-state index in [1.807, 2.05) is 29.2 Å². The SMILES string of the molecule is O=C(OCc1ccccc1)[C@H]1CC(F)(F)CN1C(=O)Cc1ccc(CC(=O)N2CCNC[C@H]2Cc2ccccc2)cc1. The zero-order valence-corrected chi connectivity index (χ0v) is 23.4. The van der Waals surface area contributed by atoms with Gasteiger partial charge in [0.2, 0.25) is 11.8 Å². The fourth-order valence-electron chi connectivity index (χ4n) is 5.60. The Labute approximate surface area is 244 Å². The summed E-state index contributed by atoms with van der Waals surface area (Å²) in [5.74, 6) is -4.53. The molecule has 0 aromatic heterocycles. The number of alkyl halides is 2. The van der Waals surface area contributed by atoms with E-state index in [9.17, 15) is 23.2 Å². The van der Waals surface area contributed by atoms with Crippen LogP contribution in [0.4, 0.5) is 8.78 Å². The van der Waals surface area contributed by atoms with Crippen molar-refractivity contribution in [2.75, 3.05) is 26.2 Å². The Balaban J connectivity index is 1.17. The van der Waals surface area contributed by atoms with E-state index in [2.05, 4.69) is 17.4 Å². The van der Waals surface area contributed by atoms with Gasteiger partial charge in [-0.2, -0.15) is 0 Å². The minimum atomic E-state index is -3.17. The van der Waals surface area contributed by atoms with Crippen LogP contribution in [0.3, 0.4) is 0 Å². The number of likely N-dealkylation sites (tertiary alicyclic amines) is 1. The second kappa shape index (κ2) is 13.2. The molecular weight excluding hydrogens is 540 g/mol. The third-order valence-electron chi connectivity index (χ3n) is 7.80. The van der Waals surface area contributed by atoms with E-state index in [1.54, 1.807) is 48.5 Å². The molecule has 7 nitrogen and oxygen atoms in total. The van der Waals surface area contributed by atoms with Gasteiger partial charge in [-0.15, -0.1) is 0 Å². The lowest BCUT2D eigenvalue weighted by Gasteiger charge is -2.36. The van der Waals surface area contributed by atoms with Gasteiger partial charge < -0.3 is 19.9 Å². The Morgan fingerprint density at radius 2 is 1.36 bits per heavy atom. The maximum atomic E-state index is 14.3. The van der Waals surface area contributed by atoms with Crippen molar-refractivity contribution in [3.05, 3.63) is 107 Å². The summed E-state index contributed by atoms with van der Waals surface area (Å²) >= 11 is 0. The molecule has 2 atom stereocenters. The number of hydrogen-bond acceptors (Lipinski definition) is 5. The second-order valence-corrected chi connectivity index (χ2v) is 11.0. The molecule has 0 bridgehead atoms. The first-order valence-electron chi connectivity index (χ1n) is 14.3. The number of ether oxygens (including phenoxy) is 1. The average Bonchev–Trinajstić information content (AvgIpc) is 3.34. The molecule has 0 aliphatic carbocycles. The van der Waals surface area contributed by atoms with Gasteiger partial charge in [0.15, 0.2) is 0 Å². The number of nitrogens with one attached hydrogen (secondary N) is 1. The van der Waals surface area contributed by atoms with Gasteiger partial charge in [0, 0.05) is 32.1 Å². The summed E-state index contributed by atoms with van der Waals surface area (Å²) < 4.78 is 33.9. The number of nitrogens with zero attached hydrogens (tertiary/aromatic N) is 2. The molecular formula is C33H35F2N3O4. The van der Waals surface area contributed by atoms with Crippen LogP contribution < -0.4 is 5.32 Å². The number of hydrogen-bond donors (Lipinski definition) is 1. The van der Waals surface area contributed by atoms with Gasteiger partial charge in [0.05, 0.1) is 19.4 Å². The van der Waals surface area contributed by atoms with Crippen LogP contribution >= 0.6 is 0 Å². The highest BCUT2D eigenvalue weighted by Crippen LogP contribution is 2.33. The summed E-state index contributed by atoms with van der Waals surface area (Å²) in [5, 5.41) is 3.38. The minimum Gasteiger partial charge on any atom is -0.459 e. The highest BCUT2D eigenvalue weighted by molar-refractivity contribution is 5.86. The average molecular weight is 576 g/mol. The number of halogens is 2. The fourth-order valence-corrected chi connectivity index (χ4v) is 5.60. The first-order chi connectivity index (χ1) is 20.3. The quantitative estimate of drug-likeness (QED) is 0.393. The van der Waals surface area contributed by atoms with E-state index in [1.165, 1.54) is 5.56 Å². The van der Waals surface area contributed by atoms with Crippen LogP contribution in [0.15, 0.2) is 84.9 Å². The molecule has 42 heavy (non-hydrogen) atoms. The van der Waals surface area contributed by atoms with Crippen LogP contribution in [0.5, 0.6) is 0 Å². The molecule has 1 N–H and O–H groups in total. The number of amides is 2. The predicted molar refractivity (Wildman–Crippen MR) is 154 cm³/mol. The zero-order chi connectivity index (χ0) is 29.5. The lowest BCUT2D eigenvalue weighted by Crippen LogP contribution is -2.54. The van der Waals surface area contributed by atoms with Gasteiger partial charge in [0.25, 0.3) is 5.92 Å². The van der Waals surface area contributed by atoms with Crippen LogP contribution in [0.2, 0.25) is 0 Å². The fraction of sp³-hybridized carbons (Fsp3) is 0.364. The number of rotatable bonds is 9. The molecule has 2 aliphatic rings. The molecule has 3 aromatic carbocycles. The third kappa shape index (κ3) is 7.59. The van der Waals surface area contributed by atoms with Crippen molar-refractivity contribution in [3.63, 3.8) is 0 Å². The first-order valence-corrected chi connectivity index (χ1v) is 14.3. The number of carbonyl (C=O) groups excluding carboxylic acids is 3. The largest absolute Gasteiger partial charge is 0.459 e. The molecule has 2 heterocycles. The lowest BCUT2D eigenvalue weighted by molar-refractivity contribution is -0.154. The van der Waals surface area contributed by atoms with E-state index >= 15 is 0 Å². The van der Waals surface area contributed by atoms with Crippen molar-refractivity contribution in [2.24, 2.45) is 0 Å². The molecule has 2 fully saturated rings. The summed E-state index contributed by atoms with van der Waals surface area (Å²) in [5.41, 5.74) is 3.34. The Kier molecular flexibility index (Phi) is 9.27. The van der Waals surface area contributed by atoms with Gasteiger partial charge in [-0.05, 0) is 28.7 Å². The molecule has 2 aliphatic heterocycles. The minimum absolute atomic E-state index is 0.0393. The topological polar surface area (TPSA) is 79.0 Å². The van der Waals surface area contributed by atoms with Crippen molar-refractivity contribution >= 4 is 17.8 Å². The van der Waals surface area contributed by atoms with Crippen molar-refractivity contribution in [1.82, 2.24) is 15.1 Å². The van der Waals surface area contributed by atoms with Gasteiger partial charge in [-0.1, -0.05) is 84.9 Å². The Hall–Kier alpha value is -4.11. The number of carbonyl (C=O) groups is 3. The molecule has 220 valence electrons. The van der Waals surface area contributed by atoms with Crippen LogP contribution in [0.1, 0.15) is 28.7 Å². The van der Waals surface area contributed by atoms with Crippen molar-refractivity contribution in [3.8, 4) is 0 Å². The highest BCUT2D eigenvalue weighted by Gasteiger charge is 2.50. The molecule has 9 heteroatoms. The van der Waals surface area contributed by atoms with Crippen molar-refractivity contribution in [1.29, 1.82) is 0 Å². The Bertz CT molecular complexity index is 1370. The van der Waals surface area contributed by atoms with Crippen molar-refractivity contribution in [2.45, 2.75) is 50.3 Å². The summed E-state index contributed by atoms with van der Waals surface area (Å²) in [6.45, 7) is 1.24. The normalized spacial score (nSPS) is 19.9. The summed E-state index contributed by atoms with van der Waals surface area (Å²) in [7, 11) is 0. The molecule has 3 aromatic rings. The summed E-state index contributed by atoms with van der Waals surface area (Å²) in [6, 6.07) is 24.8. The van der Waals surface area contributed by atoms with E-state index in [0.29, 0.717) is 12.1 Å². The highest BCUT2D eigenvalue weighted by atomic mass is 19.3. The van der Waals surface area contributed by atoms with Crippen LogP contribution in [-0.2, 0) is 45.0 Å². The molecule has 0 unspecified atom stereocenters. The van der Waals surface area contributed by atoms with E-state index in [0.717, 1.165) is 35.5 Å². The predicted octanol–water partition coefficient (Wildman–Crippen LogP) is 3.79. The maximum Gasteiger partial charge on any atom is 0.329 e. The van der Waals surface area contributed by atoms with Gasteiger partial charge >= 0.3 is 5.97 Å². The monoisotopic (exact) mass is 575 g/mol. The zero-order valence-electron chi connectivity index (χ0n) is 23.4. The lowest BCUT2D eigenvalue weighted by atomic mass is 10.0. The maximum absolute atomic E-state index is 14.3. The first kappa shape index (κ1) is 29.4.